The number of benzene rings is 1. The second-order valence-corrected chi connectivity index (χ2v) is 8.83. The van der Waals surface area contributed by atoms with Crippen LogP contribution in [0.1, 0.15) is 35.3 Å². The number of hydrogen-bond acceptors (Lipinski definition) is 7. The van der Waals surface area contributed by atoms with Crippen LogP contribution in [0.3, 0.4) is 0 Å². The number of hydrogen-bond donors (Lipinski definition) is 1. The lowest BCUT2D eigenvalue weighted by Crippen LogP contribution is -2.33. The Bertz CT molecular complexity index is 977. The SMILES string of the molecule is CS(=O)(=O)NCCc1ccc(C(=O)OCN2C(=O)c3ccccc3C2=O)s1. The second-order valence-electron chi connectivity index (χ2n) is 5.83. The van der Waals surface area contributed by atoms with Crippen molar-refractivity contribution >= 4 is 39.1 Å². The molecule has 0 saturated heterocycles. The second kappa shape index (κ2) is 7.59. The Morgan fingerprint density at radius 1 is 1.11 bits per heavy atom. The van der Waals surface area contributed by atoms with Crippen molar-refractivity contribution in [1.82, 2.24) is 9.62 Å². The zero-order chi connectivity index (χ0) is 19.6. The van der Waals surface area contributed by atoms with Gasteiger partial charge in [-0.15, -0.1) is 11.3 Å². The average molecular weight is 408 g/mol. The Balaban J connectivity index is 1.56. The van der Waals surface area contributed by atoms with E-state index in [1.165, 1.54) is 11.3 Å². The Hall–Kier alpha value is -2.56. The Morgan fingerprint density at radius 2 is 1.74 bits per heavy atom. The van der Waals surface area contributed by atoms with Crippen LogP contribution in [0.4, 0.5) is 0 Å². The molecule has 1 aliphatic heterocycles. The van der Waals surface area contributed by atoms with Crippen LogP contribution in [0.2, 0.25) is 0 Å². The van der Waals surface area contributed by atoms with E-state index in [0.29, 0.717) is 11.3 Å². The van der Waals surface area contributed by atoms with E-state index in [9.17, 15) is 22.8 Å². The molecule has 27 heavy (non-hydrogen) atoms. The lowest BCUT2D eigenvalue weighted by atomic mass is 10.1. The van der Waals surface area contributed by atoms with E-state index in [1.807, 2.05) is 0 Å². The summed E-state index contributed by atoms with van der Waals surface area (Å²) in [4.78, 5) is 38.6. The van der Waals surface area contributed by atoms with Crippen molar-refractivity contribution in [3.05, 3.63) is 57.3 Å². The molecule has 0 unspecified atom stereocenters. The molecule has 1 aromatic carbocycles. The van der Waals surface area contributed by atoms with E-state index in [0.717, 1.165) is 16.0 Å². The highest BCUT2D eigenvalue weighted by molar-refractivity contribution is 7.88. The van der Waals surface area contributed by atoms with E-state index in [1.54, 1.807) is 36.4 Å². The number of amides is 2. The van der Waals surface area contributed by atoms with Crippen LogP contribution < -0.4 is 4.72 Å². The first-order valence-corrected chi connectivity index (χ1v) is 10.6. The molecule has 10 heteroatoms. The summed E-state index contributed by atoms with van der Waals surface area (Å²) in [6.45, 7) is -0.239. The van der Waals surface area contributed by atoms with Crippen molar-refractivity contribution < 1.29 is 27.5 Å². The number of ether oxygens (including phenoxy) is 1. The van der Waals surface area contributed by atoms with E-state index < -0.39 is 34.5 Å². The van der Waals surface area contributed by atoms with Gasteiger partial charge in [0.05, 0.1) is 17.4 Å². The van der Waals surface area contributed by atoms with Gasteiger partial charge in [0.25, 0.3) is 11.8 Å². The van der Waals surface area contributed by atoms with Crippen LogP contribution in [0.25, 0.3) is 0 Å². The smallest absolute Gasteiger partial charge is 0.350 e. The minimum Gasteiger partial charge on any atom is -0.439 e. The van der Waals surface area contributed by atoms with Crippen molar-refractivity contribution in [2.24, 2.45) is 0 Å². The minimum absolute atomic E-state index is 0.225. The molecule has 1 aliphatic rings. The maximum absolute atomic E-state index is 12.2. The molecule has 0 spiro atoms. The Labute approximate surface area is 159 Å². The van der Waals surface area contributed by atoms with Gasteiger partial charge in [0, 0.05) is 11.4 Å². The lowest BCUT2D eigenvalue weighted by molar-refractivity contribution is 0.0232. The summed E-state index contributed by atoms with van der Waals surface area (Å²) in [6.07, 6.45) is 1.51. The highest BCUT2D eigenvalue weighted by atomic mass is 32.2. The van der Waals surface area contributed by atoms with Crippen molar-refractivity contribution in [1.29, 1.82) is 0 Å². The van der Waals surface area contributed by atoms with E-state index in [4.69, 9.17) is 4.74 Å². The van der Waals surface area contributed by atoms with Crippen LogP contribution in [0, 0.1) is 0 Å². The quantitative estimate of drug-likeness (QED) is 0.545. The molecule has 1 aromatic heterocycles. The molecule has 0 saturated carbocycles. The number of esters is 1. The molecule has 142 valence electrons. The predicted molar refractivity (Wildman–Crippen MR) is 98.1 cm³/mol. The topological polar surface area (TPSA) is 110 Å². The fraction of sp³-hybridized carbons (Fsp3) is 0.235. The number of carbonyl (C=O) groups excluding carboxylic acids is 3. The standard InChI is InChI=1S/C17H16N2O6S2/c1-27(23,24)18-9-8-11-6-7-14(26-11)17(22)25-10-19-15(20)12-4-2-3-5-13(12)16(19)21/h2-7,18H,8-10H2,1H3. The van der Waals surface area contributed by atoms with Crippen LogP contribution in [0.15, 0.2) is 36.4 Å². The summed E-state index contributed by atoms with van der Waals surface area (Å²) >= 11 is 1.17. The first kappa shape index (κ1) is 19.2. The lowest BCUT2D eigenvalue weighted by Gasteiger charge is -2.13. The van der Waals surface area contributed by atoms with Gasteiger partial charge in [0.1, 0.15) is 4.88 Å². The number of rotatable bonds is 7. The summed E-state index contributed by atoms with van der Waals surface area (Å²) in [5.41, 5.74) is 0.575. The summed E-state index contributed by atoms with van der Waals surface area (Å²) in [5, 5.41) is 0. The molecule has 2 amide bonds. The van der Waals surface area contributed by atoms with E-state index in [2.05, 4.69) is 4.72 Å². The highest BCUT2D eigenvalue weighted by Gasteiger charge is 2.35. The summed E-state index contributed by atoms with van der Waals surface area (Å²) in [7, 11) is -3.26. The predicted octanol–water partition coefficient (Wildman–Crippen LogP) is 1.25. The summed E-state index contributed by atoms with van der Waals surface area (Å²) in [6, 6.07) is 9.68. The molecular weight excluding hydrogens is 392 g/mol. The largest absolute Gasteiger partial charge is 0.439 e. The monoisotopic (exact) mass is 408 g/mol. The fourth-order valence-electron chi connectivity index (χ4n) is 2.53. The van der Waals surface area contributed by atoms with E-state index in [-0.39, 0.29) is 17.7 Å². The Morgan fingerprint density at radius 3 is 2.33 bits per heavy atom. The van der Waals surface area contributed by atoms with Gasteiger partial charge in [0.15, 0.2) is 6.73 Å². The van der Waals surface area contributed by atoms with Crippen molar-refractivity contribution in [3.8, 4) is 0 Å². The first-order chi connectivity index (χ1) is 12.8. The van der Waals surface area contributed by atoms with Gasteiger partial charge in [-0.3, -0.25) is 9.59 Å². The summed E-state index contributed by atoms with van der Waals surface area (Å²) in [5.74, 6) is -1.65. The van der Waals surface area contributed by atoms with Crippen molar-refractivity contribution in [2.45, 2.75) is 6.42 Å². The third-order valence-electron chi connectivity index (χ3n) is 3.80. The van der Waals surface area contributed by atoms with Gasteiger partial charge in [-0.25, -0.2) is 22.8 Å². The number of imide groups is 1. The average Bonchev–Trinajstić information content (AvgIpc) is 3.17. The normalized spacial score (nSPS) is 13.7. The van der Waals surface area contributed by atoms with Gasteiger partial charge in [0.2, 0.25) is 10.0 Å². The number of nitrogens with zero attached hydrogens (tertiary/aromatic N) is 1. The minimum atomic E-state index is -3.26. The third kappa shape index (κ3) is 4.41. The van der Waals surface area contributed by atoms with Crippen molar-refractivity contribution in [3.63, 3.8) is 0 Å². The number of fused-ring (bicyclic) bond motifs is 1. The van der Waals surface area contributed by atoms with Gasteiger partial charge in [-0.1, -0.05) is 12.1 Å². The molecule has 0 fully saturated rings. The zero-order valence-corrected chi connectivity index (χ0v) is 15.9. The van der Waals surface area contributed by atoms with Crippen LogP contribution in [0.5, 0.6) is 0 Å². The van der Waals surface area contributed by atoms with E-state index >= 15 is 0 Å². The third-order valence-corrected chi connectivity index (χ3v) is 5.65. The van der Waals surface area contributed by atoms with Gasteiger partial charge < -0.3 is 4.74 Å². The molecule has 2 aromatic rings. The molecule has 1 N–H and O–H groups in total. The number of sulfonamides is 1. The van der Waals surface area contributed by atoms with Gasteiger partial charge in [-0.05, 0) is 30.7 Å². The van der Waals surface area contributed by atoms with Crippen LogP contribution >= 0.6 is 11.3 Å². The molecule has 2 heterocycles. The molecule has 0 bridgehead atoms. The zero-order valence-electron chi connectivity index (χ0n) is 14.3. The van der Waals surface area contributed by atoms with Crippen LogP contribution in [-0.4, -0.2) is 50.6 Å². The number of nitrogens with one attached hydrogen (secondary N) is 1. The molecular formula is C17H16N2O6S2. The van der Waals surface area contributed by atoms with Crippen LogP contribution in [-0.2, 0) is 21.2 Å². The maximum Gasteiger partial charge on any atom is 0.350 e. The number of thiophene rings is 1. The van der Waals surface area contributed by atoms with Crippen molar-refractivity contribution in [2.75, 3.05) is 19.5 Å². The number of carbonyl (C=O) groups is 3. The molecule has 0 atom stereocenters. The maximum atomic E-state index is 12.2. The molecule has 3 rings (SSSR count). The molecule has 0 aliphatic carbocycles. The highest BCUT2D eigenvalue weighted by Crippen LogP contribution is 2.23. The Kier molecular flexibility index (Phi) is 5.40. The molecule has 0 radical (unpaired) electrons. The van der Waals surface area contributed by atoms with Gasteiger partial charge in [-0.2, -0.15) is 0 Å². The first-order valence-electron chi connectivity index (χ1n) is 7.92. The molecule has 8 nitrogen and oxygen atoms in total. The fourth-order valence-corrected chi connectivity index (χ4v) is 3.91. The van der Waals surface area contributed by atoms with Gasteiger partial charge >= 0.3 is 5.97 Å². The summed E-state index contributed by atoms with van der Waals surface area (Å²) < 4.78 is 29.5.